The minimum atomic E-state index is -4.02. The second-order valence-electron chi connectivity index (χ2n) is 4.57. The number of carbonyl (C=O) groups excluding carboxylic acids is 1. The van der Waals surface area contributed by atoms with Crippen molar-refractivity contribution in [3.8, 4) is 0 Å². The average molecular weight is 349 g/mol. The first-order valence-corrected chi connectivity index (χ1v) is 8.22. The summed E-state index contributed by atoms with van der Waals surface area (Å²) in [6.45, 7) is 2.42. The van der Waals surface area contributed by atoms with Crippen molar-refractivity contribution in [3.05, 3.63) is 29.3 Å². The highest BCUT2D eigenvalue weighted by Gasteiger charge is 2.32. The van der Waals surface area contributed by atoms with E-state index in [0.29, 0.717) is 5.02 Å². The highest BCUT2D eigenvalue weighted by molar-refractivity contribution is 7.89. The van der Waals surface area contributed by atoms with Crippen molar-refractivity contribution >= 4 is 33.5 Å². The van der Waals surface area contributed by atoms with Crippen molar-refractivity contribution in [1.29, 1.82) is 0 Å². The lowest BCUT2D eigenvalue weighted by Gasteiger charge is -2.25. The van der Waals surface area contributed by atoms with Gasteiger partial charge in [-0.15, -0.1) is 0 Å². The van der Waals surface area contributed by atoms with E-state index >= 15 is 0 Å². The molecule has 1 aromatic rings. The Morgan fingerprint density at radius 3 is 2.32 bits per heavy atom. The lowest BCUT2D eigenvalue weighted by atomic mass is 10.3. The Morgan fingerprint density at radius 1 is 1.32 bits per heavy atom. The van der Waals surface area contributed by atoms with Crippen LogP contribution in [0.25, 0.3) is 0 Å². The number of hydrogen-bond acceptors (Lipinski definition) is 4. The number of aliphatic carboxylic acids is 1. The van der Waals surface area contributed by atoms with Gasteiger partial charge < -0.3 is 10.4 Å². The molecule has 122 valence electrons. The van der Waals surface area contributed by atoms with Crippen molar-refractivity contribution in [1.82, 2.24) is 9.62 Å². The number of carbonyl (C=O) groups is 2. The minimum absolute atomic E-state index is 0.0137. The number of hydrogen-bond donors (Lipinski definition) is 2. The molecule has 0 heterocycles. The van der Waals surface area contributed by atoms with Gasteiger partial charge in [-0.1, -0.05) is 11.6 Å². The van der Waals surface area contributed by atoms with Crippen LogP contribution in [0.4, 0.5) is 0 Å². The number of rotatable bonds is 7. The van der Waals surface area contributed by atoms with Gasteiger partial charge in [0, 0.05) is 25.0 Å². The molecule has 1 rings (SSSR count). The van der Waals surface area contributed by atoms with Gasteiger partial charge in [0.15, 0.2) is 0 Å². The van der Waals surface area contributed by atoms with Gasteiger partial charge in [-0.05, 0) is 31.2 Å². The average Bonchev–Trinajstić information content (AvgIpc) is 2.42. The van der Waals surface area contributed by atoms with Gasteiger partial charge in [-0.2, -0.15) is 4.31 Å². The van der Waals surface area contributed by atoms with E-state index in [1.165, 1.54) is 38.1 Å². The molecule has 0 radical (unpaired) electrons. The fourth-order valence-electron chi connectivity index (χ4n) is 1.73. The minimum Gasteiger partial charge on any atom is -0.480 e. The summed E-state index contributed by atoms with van der Waals surface area (Å²) in [4.78, 5) is 22.0. The summed E-state index contributed by atoms with van der Waals surface area (Å²) in [5.41, 5.74) is 0. The number of nitrogens with zero attached hydrogens (tertiary/aromatic N) is 1. The molecule has 1 amide bonds. The van der Waals surface area contributed by atoms with Crippen LogP contribution in [0.2, 0.25) is 5.02 Å². The van der Waals surface area contributed by atoms with Crippen LogP contribution in [-0.4, -0.2) is 48.8 Å². The number of amides is 1. The third-order valence-electron chi connectivity index (χ3n) is 2.92. The molecular weight excluding hydrogens is 332 g/mol. The van der Waals surface area contributed by atoms with E-state index in [4.69, 9.17) is 16.7 Å². The van der Waals surface area contributed by atoms with Crippen molar-refractivity contribution in [2.45, 2.75) is 24.8 Å². The molecule has 22 heavy (non-hydrogen) atoms. The summed E-state index contributed by atoms with van der Waals surface area (Å²) < 4.78 is 26.0. The number of benzene rings is 1. The number of halogens is 1. The maximum absolute atomic E-state index is 12.6. The Balaban J connectivity index is 3.09. The SMILES string of the molecule is CC(=O)NCCN(C(C)C(=O)O)S(=O)(=O)c1ccc(Cl)cc1. The molecule has 1 atom stereocenters. The zero-order valence-corrected chi connectivity index (χ0v) is 13.7. The normalized spacial score (nSPS) is 12.9. The molecule has 1 aromatic carbocycles. The Hall–Kier alpha value is -1.64. The molecule has 0 aliphatic heterocycles. The monoisotopic (exact) mass is 348 g/mol. The first kappa shape index (κ1) is 18.4. The zero-order valence-electron chi connectivity index (χ0n) is 12.1. The molecule has 0 aliphatic carbocycles. The summed E-state index contributed by atoms with van der Waals surface area (Å²) in [5, 5.41) is 11.9. The third kappa shape index (κ3) is 4.69. The molecule has 0 aliphatic rings. The van der Waals surface area contributed by atoms with Gasteiger partial charge in [0.2, 0.25) is 15.9 Å². The van der Waals surface area contributed by atoms with Crippen LogP contribution >= 0.6 is 11.6 Å². The summed E-state index contributed by atoms with van der Waals surface area (Å²) in [6.07, 6.45) is 0. The van der Waals surface area contributed by atoms with Gasteiger partial charge in [0.05, 0.1) is 4.90 Å². The number of sulfonamides is 1. The lowest BCUT2D eigenvalue weighted by molar-refractivity contribution is -0.140. The molecule has 0 saturated heterocycles. The molecule has 0 fully saturated rings. The Kier molecular flexibility index (Phi) is 6.34. The maximum atomic E-state index is 12.6. The molecule has 2 N–H and O–H groups in total. The summed E-state index contributed by atoms with van der Waals surface area (Å²) in [5.74, 6) is -1.60. The quantitative estimate of drug-likeness (QED) is 0.763. The highest BCUT2D eigenvalue weighted by atomic mass is 35.5. The van der Waals surface area contributed by atoms with E-state index in [9.17, 15) is 18.0 Å². The van der Waals surface area contributed by atoms with Crippen LogP contribution in [0.1, 0.15) is 13.8 Å². The van der Waals surface area contributed by atoms with Crippen LogP contribution < -0.4 is 5.32 Å². The number of carboxylic acid groups (broad SMARTS) is 1. The van der Waals surface area contributed by atoms with Gasteiger partial charge in [-0.25, -0.2) is 8.42 Å². The van der Waals surface area contributed by atoms with Crippen LogP contribution in [0.3, 0.4) is 0 Å². The number of nitrogens with one attached hydrogen (secondary N) is 1. The largest absolute Gasteiger partial charge is 0.480 e. The molecule has 0 spiro atoms. The van der Waals surface area contributed by atoms with Crippen LogP contribution in [-0.2, 0) is 19.6 Å². The Bertz CT molecular complexity index is 645. The molecule has 9 heteroatoms. The fraction of sp³-hybridized carbons (Fsp3) is 0.385. The third-order valence-corrected chi connectivity index (χ3v) is 5.15. The second-order valence-corrected chi connectivity index (χ2v) is 6.89. The van der Waals surface area contributed by atoms with Crippen molar-refractivity contribution < 1.29 is 23.1 Å². The van der Waals surface area contributed by atoms with E-state index in [-0.39, 0.29) is 23.9 Å². The van der Waals surface area contributed by atoms with Gasteiger partial charge in [-0.3, -0.25) is 9.59 Å². The molecular formula is C13H17ClN2O5S. The Labute approximate surface area is 133 Å². The molecule has 0 bridgehead atoms. The lowest BCUT2D eigenvalue weighted by Crippen LogP contribution is -2.46. The molecule has 0 saturated carbocycles. The molecule has 1 unspecified atom stereocenters. The van der Waals surface area contributed by atoms with Crippen molar-refractivity contribution in [2.75, 3.05) is 13.1 Å². The second kappa shape index (κ2) is 7.57. The van der Waals surface area contributed by atoms with Gasteiger partial charge in [0.25, 0.3) is 0 Å². The highest BCUT2D eigenvalue weighted by Crippen LogP contribution is 2.20. The first-order valence-electron chi connectivity index (χ1n) is 6.41. The van der Waals surface area contributed by atoms with Crippen LogP contribution in [0.15, 0.2) is 29.2 Å². The zero-order chi connectivity index (χ0) is 16.9. The fourth-order valence-corrected chi connectivity index (χ4v) is 3.44. The number of carboxylic acids is 1. The van der Waals surface area contributed by atoms with Crippen molar-refractivity contribution in [2.24, 2.45) is 0 Å². The van der Waals surface area contributed by atoms with Crippen LogP contribution in [0, 0.1) is 0 Å². The van der Waals surface area contributed by atoms with Crippen LogP contribution in [0.5, 0.6) is 0 Å². The van der Waals surface area contributed by atoms with Gasteiger partial charge in [0.1, 0.15) is 6.04 Å². The summed E-state index contributed by atoms with van der Waals surface area (Å²) in [7, 11) is -4.02. The smallest absolute Gasteiger partial charge is 0.321 e. The van der Waals surface area contributed by atoms with E-state index in [2.05, 4.69) is 5.32 Å². The summed E-state index contributed by atoms with van der Waals surface area (Å²) >= 11 is 5.72. The molecule has 0 aromatic heterocycles. The topological polar surface area (TPSA) is 104 Å². The predicted molar refractivity (Wildman–Crippen MR) is 81.1 cm³/mol. The standard InChI is InChI=1S/C13H17ClN2O5S/c1-9(13(18)19)16(8-7-15-10(2)17)22(20,21)12-5-3-11(14)4-6-12/h3-6,9H,7-8H2,1-2H3,(H,15,17)(H,18,19). The Morgan fingerprint density at radius 2 is 1.86 bits per heavy atom. The molecule has 7 nitrogen and oxygen atoms in total. The van der Waals surface area contributed by atoms with E-state index in [1.807, 2.05) is 0 Å². The summed E-state index contributed by atoms with van der Waals surface area (Å²) in [6, 6.07) is 4.15. The van der Waals surface area contributed by atoms with Gasteiger partial charge >= 0.3 is 5.97 Å². The van der Waals surface area contributed by atoms with Crippen molar-refractivity contribution in [3.63, 3.8) is 0 Å². The maximum Gasteiger partial charge on any atom is 0.321 e. The van der Waals surface area contributed by atoms with E-state index in [1.54, 1.807) is 0 Å². The van der Waals surface area contributed by atoms with E-state index < -0.39 is 22.0 Å². The predicted octanol–water partition coefficient (Wildman–Crippen LogP) is 0.940. The first-order chi connectivity index (χ1) is 10.2. The van der Waals surface area contributed by atoms with E-state index in [0.717, 1.165) is 4.31 Å².